The zero-order chi connectivity index (χ0) is 14.3. The summed E-state index contributed by atoms with van der Waals surface area (Å²) in [4.78, 5) is 23.2. The summed E-state index contributed by atoms with van der Waals surface area (Å²) in [5.41, 5.74) is 2.54. The highest BCUT2D eigenvalue weighted by atomic mass is 16.2. The number of hydrogen-bond acceptors (Lipinski definition) is 4. The minimum atomic E-state index is -0.715. The molecule has 3 rings (SSSR count). The minimum Gasteiger partial charge on any atom is -0.341 e. The van der Waals surface area contributed by atoms with Crippen molar-refractivity contribution >= 4 is 5.91 Å². The van der Waals surface area contributed by atoms with Gasteiger partial charge in [0.1, 0.15) is 11.2 Å². The van der Waals surface area contributed by atoms with E-state index in [1.807, 2.05) is 18.7 Å². The smallest absolute Gasteiger partial charge is 0.243 e. The van der Waals surface area contributed by atoms with Crippen molar-refractivity contribution in [2.24, 2.45) is 5.41 Å². The van der Waals surface area contributed by atoms with Crippen LogP contribution in [-0.2, 0) is 17.6 Å². The summed E-state index contributed by atoms with van der Waals surface area (Å²) in [7, 11) is 0. The van der Waals surface area contributed by atoms with Crippen molar-refractivity contribution < 1.29 is 4.79 Å². The molecule has 0 atom stereocenters. The average molecular weight is 270 g/mol. The summed E-state index contributed by atoms with van der Waals surface area (Å²) >= 11 is 0. The molecule has 0 radical (unpaired) electrons. The summed E-state index contributed by atoms with van der Waals surface area (Å²) in [6.45, 7) is 5.23. The van der Waals surface area contributed by atoms with Crippen LogP contribution < -0.4 is 0 Å². The number of carbonyl (C=O) groups excluding carboxylic acids is 1. The zero-order valence-electron chi connectivity index (χ0n) is 11.9. The molecule has 1 aliphatic carbocycles. The molecule has 1 aliphatic heterocycles. The predicted molar refractivity (Wildman–Crippen MR) is 72.8 cm³/mol. The van der Waals surface area contributed by atoms with Crippen LogP contribution in [0.3, 0.4) is 0 Å². The van der Waals surface area contributed by atoms with Crippen LogP contribution in [0.25, 0.3) is 0 Å². The first kappa shape index (κ1) is 13.0. The Morgan fingerprint density at radius 3 is 2.60 bits per heavy atom. The van der Waals surface area contributed by atoms with Crippen molar-refractivity contribution in [2.45, 2.75) is 39.5 Å². The van der Waals surface area contributed by atoms with E-state index in [2.05, 4.69) is 16.0 Å². The van der Waals surface area contributed by atoms with Crippen LogP contribution in [0.15, 0.2) is 0 Å². The van der Waals surface area contributed by atoms with E-state index in [1.165, 1.54) is 5.56 Å². The molecule has 2 aliphatic rings. The number of rotatable bonds is 1. The van der Waals surface area contributed by atoms with Gasteiger partial charge in [-0.05, 0) is 38.7 Å². The molecular weight excluding hydrogens is 252 g/mol. The van der Waals surface area contributed by atoms with Gasteiger partial charge in [-0.15, -0.1) is 0 Å². The van der Waals surface area contributed by atoms with Gasteiger partial charge in [0, 0.05) is 30.9 Å². The van der Waals surface area contributed by atoms with Crippen molar-refractivity contribution in [1.29, 1.82) is 5.26 Å². The summed E-state index contributed by atoms with van der Waals surface area (Å²) < 4.78 is 0. The number of carbonyl (C=O) groups is 1. The molecule has 1 aromatic heterocycles. The third-order valence-corrected chi connectivity index (χ3v) is 4.32. The van der Waals surface area contributed by atoms with Crippen molar-refractivity contribution in [3.8, 4) is 6.07 Å². The highest BCUT2D eigenvalue weighted by Gasteiger charge is 2.52. The van der Waals surface area contributed by atoms with Gasteiger partial charge in [-0.3, -0.25) is 4.79 Å². The van der Waals surface area contributed by atoms with Crippen molar-refractivity contribution in [2.75, 3.05) is 13.1 Å². The van der Waals surface area contributed by atoms with E-state index >= 15 is 0 Å². The second kappa shape index (κ2) is 4.55. The van der Waals surface area contributed by atoms with Crippen LogP contribution >= 0.6 is 0 Å². The van der Waals surface area contributed by atoms with Crippen molar-refractivity contribution in [3.05, 3.63) is 22.8 Å². The second-order valence-electron chi connectivity index (χ2n) is 5.77. The Balaban J connectivity index is 1.81. The maximum absolute atomic E-state index is 12.4. The van der Waals surface area contributed by atoms with Crippen LogP contribution in [0.2, 0.25) is 0 Å². The number of aromatic nitrogens is 2. The lowest BCUT2D eigenvalue weighted by Crippen LogP contribution is -2.38. The number of aryl methyl sites for hydroxylation is 2. The van der Waals surface area contributed by atoms with E-state index in [9.17, 15) is 4.79 Å². The second-order valence-corrected chi connectivity index (χ2v) is 5.77. The normalized spacial score (nSPS) is 19.8. The van der Waals surface area contributed by atoms with Crippen LogP contribution in [0.5, 0.6) is 0 Å². The van der Waals surface area contributed by atoms with Gasteiger partial charge in [0.25, 0.3) is 0 Å². The Bertz CT molecular complexity index is 613. The van der Waals surface area contributed by atoms with Crippen molar-refractivity contribution in [1.82, 2.24) is 14.9 Å². The first-order chi connectivity index (χ1) is 9.55. The summed E-state index contributed by atoms with van der Waals surface area (Å²) in [5, 5.41) is 9.16. The minimum absolute atomic E-state index is 0.00939. The maximum atomic E-state index is 12.4. The van der Waals surface area contributed by atoms with E-state index in [1.54, 1.807) is 0 Å². The number of nitriles is 1. The van der Waals surface area contributed by atoms with Crippen molar-refractivity contribution in [3.63, 3.8) is 0 Å². The largest absolute Gasteiger partial charge is 0.341 e. The van der Waals surface area contributed by atoms with Crippen LogP contribution in [0, 0.1) is 30.6 Å². The topological polar surface area (TPSA) is 69.9 Å². The van der Waals surface area contributed by atoms with E-state index < -0.39 is 5.41 Å². The number of hydrogen-bond donors (Lipinski definition) is 0. The van der Waals surface area contributed by atoms with Gasteiger partial charge in [-0.2, -0.15) is 5.26 Å². The van der Waals surface area contributed by atoms with Crippen LogP contribution in [-0.4, -0.2) is 33.9 Å². The highest BCUT2D eigenvalue weighted by Crippen LogP contribution is 2.46. The zero-order valence-corrected chi connectivity index (χ0v) is 11.9. The molecule has 0 saturated heterocycles. The number of nitrogens with zero attached hydrogens (tertiary/aromatic N) is 4. The summed E-state index contributed by atoms with van der Waals surface area (Å²) in [6.07, 6.45) is 2.97. The molecule has 1 fully saturated rings. The van der Waals surface area contributed by atoms with Gasteiger partial charge < -0.3 is 4.90 Å². The fourth-order valence-corrected chi connectivity index (χ4v) is 2.94. The highest BCUT2D eigenvalue weighted by molar-refractivity contribution is 5.88. The molecule has 0 N–H and O–H groups in total. The van der Waals surface area contributed by atoms with E-state index in [0.717, 1.165) is 30.1 Å². The molecule has 104 valence electrons. The predicted octanol–water partition coefficient (Wildman–Crippen LogP) is 1.32. The molecule has 0 spiro atoms. The summed E-state index contributed by atoms with van der Waals surface area (Å²) in [5.74, 6) is 0.798. The number of amides is 1. The third-order valence-electron chi connectivity index (χ3n) is 4.32. The monoisotopic (exact) mass is 270 g/mol. The Hall–Kier alpha value is -1.96. The first-order valence-electron chi connectivity index (χ1n) is 7.09. The molecule has 0 bridgehead atoms. The molecule has 0 unspecified atom stereocenters. The van der Waals surface area contributed by atoms with E-state index in [0.29, 0.717) is 25.9 Å². The lowest BCUT2D eigenvalue weighted by atomic mass is 10.1. The van der Waals surface area contributed by atoms with E-state index in [4.69, 9.17) is 5.26 Å². The van der Waals surface area contributed by atoms with Gasteiger partial charge in [-0.25, -0.2) is 9.97 Å². The average Bonchev–Trinajstić information content (AvgIpc) is 3.22. The quantitative estimate of drug-likeness (QED) is 0.771. The molecule has 1 amide bonds. The Labute approximate surface area is 118 Å². The fourth-order valence-electron chi connectivity index (χ4n) is 2.94. The Morgan fingerprint density at radius 2 is 1.95 bits per heavy atom. The molecule has 1 aromatic rings. The van der Waals surface area contributed by atoms with Gasteiger partial charge in [0.05, 0.1) is 6.07 Å². The fraction of sp³-hybridized carbons (Fsp3) is 0.600. The molecule has 1 saturated carbocycles. The standard InChI is InChI=1S/C15H18N4O/c1-10-12-3-7-19(14(20)15(9-16)5-6-15)8-4-13(12)18-11(2)17-10/h3-8H2,1-2H3. The molecule has 2 heterocycles. The lowest BCUT2D eigenvalue weighted by Gasteiger charge is -2.22. The Kier molecular flexibility index (Phi) is 2.97. The van der Waals surface area contributed by atoms with Gasteiger partial charge in [0.2, 0.25) is 5.91 Å². The third kappa shape index (κ3) is 2.05. The van der Waals surface area contributed by atoms with Gasteiger partial charge >= 0.3 is 0 Å². The van der Waals surface area contributed by atoms with Crippen LogP contribution in [0.1, 0.15) is 35.6 Å². The maximum Gasteiger partial charge on any atom is 0.243 e. The molecular formula is C15H18N4O. The van der Waals surface area contributed by atoms with Gasteiger partial charge in [0.15, 0.2) is 0 Å². The molecule has 5 heteroatoms. The van der Waals surface area contributed by atoms with Gasteiger partial charge in [-0.1, -0.05) is 0 Å². The van der Waals surface area contributed by atoms with E-state index in [-0.39, 0.29) is 5.91 Å². The van der Waals surface area contributed by atoms with Crippen LogP contribution in [0.4, 0.5) is 0 Å². The molecule has 5 nitrogen and oxygen atoms in total. The first-order valence-corrected chi connectivity index (χ1v) is 7.09. The Morgan fingerprint density at radius 1 is 1.25 bits per heavy atom. The summed E-state index contributed by atoms with van der Waals surface area (Å²) in [6, 6.07) is 2.19. The lowest BCUT2D eigenvalue weighted by molar-refractivity contribution is -0.134. The molecule has 0 aromatic carbocycles. The SMILES string of the molecule is Cc1nc(C)c2c(n1)CCN(C(=O)C1(C#N)CC1)CC2. The number of fused-ring (bicyclic) bond motifs is 1. The molecule has 20 heavy (non-hydrogen) atoms.